The smallest absolute Gasteiger partial charge is 0.0187 e. The molecule has 0 aromatic carbocycles. The highest BCUT2D eigenvalue weighted by Gasteiger charge is 1.68. The summed E-state index contributed by atoms with van der Waals surface area (Å²) in [4.78, 5) is 0. The van der Waals surface area contributed by atoms with E-state index in [1.807, 2.05) is 0 Å². The van der Waals surface area contributed by atoms with Gasteiger partial charge in [0.15, 0.2) is 0 Å². The lowest BCUT2D eigenvalue weighted by Crippen LogP contribution is -1.59. The van der Waals surface area contributed by atoms with E-state index in [-0.39, 0.29) is 0 Å². The van der Waals surface area contributed by atoms with Crippen molar-refractivity contribution in [2.45, 2.75) is 33.1 Å². The van der Waals surface area contributed by atoms with Crippen molar-refractivity contribution in [3.8, 4) is 0 Å². The Hall–Kier alpha value is -0.330. The van der Waals surface area contributed by atoms with Gasteiger partial charge in [0.1, 0.15) is 0 Å². The van der Waals surface area contributed by atoms with Gasteiger partial charge in [-0.3, -0.25) is 0 Å². The maximum atomic E-state index is 5.50. The summed E-state index contributed by atoms with van der Waals surface area (Å²) in [7, 11) is 0. The maximum Gasteiger partial charge on any atom is -0.0187 e. The van der Waals surface area contributed by atoms with Crippen LogP contribution in [-0.4, -0.2) is 6.72 Å². The number of unbranched alkanes of at least 4 members (excludes halogenated alkanes) is 2. The quantitative estimate of drug-likeness (QED) is 0.517. The van der Waals surface area contributed by atoms with Crippen molar-refractivity contribution < 1.29 is 0 Å². The van der Waals surface area contributed by atoms with Gasteiger partial charge in [-0.25, -0.2) is 0 Å². The zero-order valence-electron chi connectivity index (χ0n) is 5.33. The van der Waals surface area contributed by atoms with E-state index in [1.165, 1.54) is 19.3 Å². The minimum atomic E-state index is 1.34. The molecule has 44 valence electrons. The van der Waals surface area contributed by atoms with Crippen LogP contribution in [0.3, 0.4) is 0 Å². The second-order valence-corrected chi connectivity index (χ2v) is 1.35. The molecule has 0 heterocycles. The molecule has 0 bridgehead atoms. The maximum absolute atomic E-state index is 5.50. The molecule has 0 rings (SSSR count). The molecule has 0 aliphatic heterocycles. The van der Waals surface area contributed by atoms with E-state index in [1.54, 1.807) is 0 Å². The molecular formula is C6H15N. The molecule has 0 saturated heterocycles. The van der Waals surface area contributed by atoms with Crippen molar-refractivity contribution in [3.05, 3.63) is 0 Å². The minimum absolute atomic E-state index is 1.34. The molecule has 0 fully saturated rings. The zero-order valence-corrected chi connectivity index (χ0v) is 5.33. The highest BCUT2D eigenvalue weighted by molar-refractivity contribution is 5.15. The molecule has 0 aliphatic rings. The van der Waals surface area contributed by atoms with Gasteiger partial charge in [-0.2, -0.15) is 0 Å². The van der Waals surface area contributed by atoms with Crippen molar-refractivity contribution in [1.29, 1.82) is 5.41 Å². The standard InChI is InChI=1S/C5H12.CH3N/c1-3-5-4-2;1-2/h3-5H2,1-2H3;2H,1H2. The Kier molecular flexibility index (Phi) is 24.4. The second kappa shape index (κ2) is 17.3. The van der Waals surface area contributed by atoms with Gasteiger partial charge in [-0.15, -0.1) is 0 Å². The fraction of sp³-hybridized carbons (Fsp3) is 0.833. The molecule has 0 radical (unpaired) electrons. The van der Waals surface area contributed by atoms with E-state index in [0.29, 0.717) is 0 Å². The number of hydrogen-bond donors (Lipinski definition) is 1. The van der Waals surface area contributed by atoms with E-state index < -0.39 is 0 Å². The number of rotatable bonds is 2. The fourth-order valence-electron chi connectivity index (χ4n) is 0.354. The van der Waals surface area contributed by atoms with Crippen LogP contribution in [0.2, 0.25) is 0 Å². The molecule has 0 saturated carbocycles. The van der Waals surface area contributed by atoms with Crippen molar-refractivity contribution in [2.24, 2.45) is 0 Å². The van der Waals surface area contributed by atoms with Crippen LogP contribution >= 0.6 is 0 Å². The summed E-state index contributed by atoms with van der Waals surface area (Å²) in [6, 6.07) is 0. The molecule has 1 nitrogen and oxygen atoms in total. The van der Waals surface area contributed by atoms with E-state index in [4.69, 9.17) is 5.41 Å². The van der Waals surface area contributed by atoms with Gasteiger partial charge in [-0.1, -0.05) is 33.1 Å². The molecule has 1 N–H and O–H groups in total. The van der Waals surface area contributed by atoms with Crippen LogP contribution in [0.15, 0.2) is 0 Å². The molecule has 0 atom stereocenters. The Morgan fingerprint density at radius 1 is 1.14 bits per heavy atom. The summed E-state index contributed by atoms with van der Waals surface area (Å²) < 4.78 is 0. The summed E-state index contributed by atoms with van der Waals surface area (Å²) >= 11 is 0. The predicted octanol–water partition coefficient (Wildman–Crippen LogP) is 2.46. The van der Waals surface area contributed by atoms with Gasteiger partial charge < -0.3 is 5.41 Å². The minimum Gasteiger partial charge on any atom is -0.317 e. The van der Waals surface area contributed by atoms with Crippen LogP contribution < -0.4 is 0 Å². The third-order valence-corrected chi connectivity index (χ3v) is 0.707. The molecule has 0 amide bonds. The van der Waals surface area contributed by atoms with Crippen LogP contribution in [-0.2, 0) is 0 Å². The Balaban J connectivity index is 0. The zero-order chi connectivity index (χ0) is 6.12. The summed E-state index contributed by atoms with van der Waals surface area (Å²) in [5.74, 6) is 0. The van der Waals surface area contributed by atoms with Crippen molar-refractivity contribution in [3.63, 3.8) is 0 Å². The molecular weight excluding hydrogens is 86.1 g/mol. The van der Waals surface area contributed by atoms with Crippen LogP contribution in [0.1, 0.15) is 33.1 Å². The Labute approximate surface area is 46.3 Å². The molecule has 0 aliphatic carbocycles. The number of nitrogens with one attached hydrogen (secondary N) is 1. The lowest BCUT2D eigenvalue weighted by molar-refractivity contribution is 0.772. The Morgan fingerprint density at radius 3 is 1.43 bits per heavy atom. The van der Waals surface area contributed by atoms with Crippen LogP contribution in [0.25, 0.3) is 0 Å². The van der Waals surface area contributed by atoms with Crippen LogP contribution in [0.4, 0.5) is 0 Å². The largest absolute Gasteiger partial charge is 0.317 e. The Morgan fingerprint density at radius 2 is 1.43 bits per heavy atom. The van der Waals surface area contributed by atoms with Gasteiger partial charge in [0.2, 0.25) is 0 Å². The predicted molar refractivity (Wildman–Crippen MR) is 35.0 cm³/mol. The first kappa shape index (κ1) is 9.83. The summed E-state index contributed by atoms with van der Waals surface area (Å²) in [6.45, 7) is 6.92. The highest BCUT2D eigenvalue weighted by Crippen LogP contribution is 1.88. The van der Waals surface area contributed by atoms with Gasteiger partial charge in [0, 0.05) is 0 Å². The summed E-state index contributed by atoms with van der Waals surface area (Å²) in [5.41, 5.74) is 0. The third kappa shape index (κ3) is 27.4. The van der Waals surface area contributed by atoms with Crippen LogP contribution in [0, 0.1) is 5.41 Å². The van der Waals surface area contributed by atoms with E-state index in [0.717, 1.165) is 0 Å². The van der Waals surface area contributed by atoms with Crippen LogP contribution in [0.5, 0.6) is 0 Å². The first-order chi connectivity index (χ1) is 3.41. The van der Waals surface area contributed by atoms with Gasteiger partial charge in [-0.05, 0) is 6.72 Å². The SMILES string of the molecule is C=N.CCCCC. The van der Waals surface area contributed by atoms with E-state index in [9.17, 15) is 0 Å². The van der Waals surface area contributed by atoms with Gasteiger partial charge in [0.25, 0.3) is 0 Å². The second-order valence-electron chi connectivity index (χ2n) is 1.35. The normalized spacial score (nSPS) is 6.57. The molecule has 0 aromatic heterocycles. The molecule has 1 heteroatoms. The Bertz CT molecular complexity index is 18.1. The van der Waals surface area contributed by atoms with Crippen molar-refractivity contribution >= 4 is 6.72 Å². The third-order valence-electron chi connectivity index (χ3n) is 0.707. The van der Waals surface area contributed by atoms with Crippen molar-refractivity contribution in [1.82, 2.24) is 0 Å². The molecule has 0 spiro atoms. The van der Waals surface area contributed by atoms with E-state index >= 15 is 0 Å². The molecule has 0 aromatic rings. The first-order valence-electron chi connectivity index (χ1n) is 2.77. The summed E-state index contributed by atoms with van der Waals surface area (Å²) in [5, 5.41) is 5.50. The average Bonchev–Trinajstić information content (AvgIpc) is 1.75. The lowest BCUT2D eigenvalue weighted by atomic mass is 10.3. The lowest BCUT2D eigenvalue weighted by Gasteiger charge is -1.79. The fourth-order valence-corrected chi connectivity index (χ4v) is 0.354. The van der Waals surface area contributed by atoms with Gasteiger partial charge in [0.05, 0.1) is 0 Å². The molecule has 7 heavy (non-hydrogen) atoms. The summed E-state index contributed by atoms with van der Waals surface area (Å²) in [6.07, 6.45) is 4.08. The first-order valence-corrected chi connectivity index (χ1v) is 2.77. The molecule has 0 unspecified atom stereocenters. The number of hydrogen-bond acceptors (Lipinski definition) is 1. The van der Waals surface area contributed by atoms with E-state index in [2.05, 4.69) is 20.6 Å². The monoisotopic (exact) mass is 101 g/mol. The topological polar surface area (TPSA) is 23.9 Å². The van der Waals surface area contributed by atoms with Crippen molar-refractivity contribution in [2.75, 3.05) is 0 Å². The van der Waals surface area contributed by atoms with Gasteiger partial charge >= 0.3 is 0 Å². The highest BCUT2D eigenvalue weighted by atomic mass is 14.2. The average molecular weight is 101 g/mol.